The fourth-order valence-electron chi connectivity index (χ4n) is 4.26. The van der Waals surface area contributed by atoms with Crippen molar-refractivity contribution in [2.24, 2.45) is 0 Å². The first-order valence-corrected chi connectivity index (χ1v) is 11.6. The number of carbonyl (C=O) groups is 2. The van der Waals surface area contributed by atoms with Gasteiger partial charge in [0, 0.05) is 42.5 Å². The number of halogens is 2. The van der Waals surface area contributed by atoms with E-state index >= 15 is 0 Å². The molecule has 0 atom stereocenters. The van der Waals surface area contributed by atoms with Gasteiger partial charge in [-0.05, 0) is 61.9 Å². The molecule has 4 rings (SSSR count). The Morgan fingerprint density at radius 3 is 2.40 bits per heavy atom. The molecule has 1 N–H and O–H groups in total. The lowest BCUT2D eigenvalue weighted by Crippen LogP contribution is -2.50. The first-order chi connectivity index (χ1) is 16.8. The fraction of sp³-hybridized carbons (Fsp3) is 0.269. The van der Waals surface area contributed by atoms with Crippen molar-refractivity contribution in [3.63, 3.8) is 0 Å². The Morgan fingerprint density at radius 1 is 1.09 bits per heavy atom. The van der Waals surface area contributed by atoms with Crippen LogP contribution in [0.15, 0.2) is 48.5 Å². The number of amides is 2. The Labute approximate surface area is 208 Å². The number of anilines is 1. The molecule has 0 saturated carbocycles. The average molecular weight is 494 g/mol. The summed E-state index contributed by atoms with van der Waals surface area (Å²) in [4.78, 5) is 29.4. The van der Waals surface area contributed by atoms with E-state index in [9.17, 15) is 19.2 Å². The van der Waals surface area contributed by atoms with Gasteiger partial charge < -0.3 is 10.2 Å². The zero-order valence-corrected chi connectivity index (χ0v) is 20.3. The molecule has 0 bridgehead atoms. The number of rotatable bonds is 5. The molecule has 35 heavy (non-hydrogen) atoms. The first kappa shape index (κ1) is 24.5. The number of benzene rings is 2. The molecule has 3 aromatic rings. The lowest BCUT2D eigenvalue weighted by atomic mass is 10.2. The van der Waals surface area contributed by atoms with Crippen LogP contribution in [0, 0.1) is 31.0 Å². The minimum Gasteiger partial charge on any atom is -0.336 e. The summed E-state index contributed by atoms with van der Waals surface area (Å²) in [5, 5.41) is 13.2. The summed E-state index contributed by atoms with van der Waals surface area (Å²) in [7, 11) is 0. The van der Waals surface area contributed by atoms with Gasteiger partial charge in [0.15, 0.2) is 0 Å². The molecular weight excluding hydrogens is 469 g/mol. The third kappa shape index (κ3) is 5.21. The van der Waals surface area contributed by atoms with E-state index in [2.05, 4.69) is 11.4 Å². The number of aromatic nitrogens is 1. The zero-order chi connectivity index (χ0) is 25.1. The normalized spacial score (nSPS) is 14.0. The fourth-order valence-corrected chi connectivity index (χ4v) is 4.38. The van der Waals surface area contributed by atoms with E-state index in [0.29, 0.717) is 53.8 Å². The minimum atomic E-state index is -0.407. The predicted octanol–water partition coefficient (Wildman–Crippen LogP) is 4.15. The van der Waals surface area contributed by atoms with E-state index in [-0.39, 0.29) is 18.4 Å². The number of hydrogen-bond acceptors (Lipinski definition) is 4. The topological polar surface area (TPSA) is 81.4 Å². The van der Waals surface area contributed by atoms with Crippen molar-refractivity contribution in [1.82, 2.24) is 14.4 Å². The number of nitrogens with zero attached hydrogens (tertiary/aromatic N) is 4. The van der Waals surface area contributed by atoms with E-state index in [1.54, 1.807) is 52.8 Å². The molecule has 1 fully saturated rings. The van der Waals surface area contributed by atoms with Crippen LogP contribution in [0.4, 0.5) is 10.2 Å². The molecular formula is C26H25ClFN5O2. The molecule has 180 valence electrons. The second kappa shape index (κ2) is 10.3. The zero-order valence-electron chi connectivity index (χ0n) is 19.5. The molecule has 1 aliphatic rings. The number of nitriles is 1. The van der Waals surface area contributed by atoms with Gasteiger partial charge in [-0.1, -0.05) is 17.7 Å². The van der Waals surface area contributed by atoms with Gasteiger partial charge in [0.05, 0.1) is 17.8 Å². The molecule has 0 spiro atoms. The van der Waals surface area contributed by atoms with Gasteiger partial charge in [-0.15, -0.1) is 0 Å². The molecule has 1 saturated heterocycles. The second-order valence-electron chi connectivity index (χ2n) is 8.48. The van der Waals surface area contributed by atoms with Gasteiger partial charge in [0.1, 0.15) is 17.7 Å². The van der Waals surface area contributed by atoms with E-state index in [1.165, 1.54) is 12.1 Å². The van der Waals surface area contributed by atoms with E-state index < -0.39 is 5.82 Å². The number of nitrogens with one attached hydrogen (secondary N) is 1. The summed E-state index contributed by atoms with van der Waals surface area (Å²) in [6.07, 6.45) is 0. The van der Waals surface area contributed by atoms with E-state index in [1.807, 2.05) is 11.8 Å². The van der Waals surface area contributed by atoms with E-state index in [4.69, 9.17) is 11.6 Å². The Balaban J connectivity index is 1.43. The standard InChI is InChI=1S/C26H25ClFN5O2/c1-17-18(2)33(22-5-3-4-21(28)14-22)25(23(17)15-29)30-24(34)16-31-10-12-32(13-11-31)26(35)19-6-8-20(27)9-7-19/h3-9,14H,10-13,16H2,1-2H3,(H,30,34). The van der Waals surface area contributed by atoms with Crippen LogP contribution in [-0.2, 0) is 4.79 Å². The summed E-state index contributed by atoms with van der Waals surface area (Å²) in [6, 6.07) is 15.0. The quantitative estimate of drug-likeness (QED) is 0.579. The van der Waals surface area contributed by atoms with Crippen molar-refractivity contribution >= 4 is 29.2 Å². The Hall–Kier alpha value is -3.67. The van der Waals surface area contributed by atoms with Gasteiger partial charge in [-0.25, -0.2) is 4.39 Å². The van der Waals surface area contributed by atoms with Crippen LogP contribution in [0.3, 0.4) is 0 Å². The minimum absolute atomic E-state index is 0.0664. The van der Waals surface area contributed by atoms with Crippen LogP contribution in [0.2, 0.25) is 5.02 Å². The van der Waals surface area contributed by atoms with Crippen molar-refractivity contribution < 1.29 is 14.0 Å². The Morgan fingerprint density at radius 2 is 1.77 bits per heavy atom. The van der Waals surface area contributed by atoms with Crippen LogP contribution in [0.5, 0.6) is 0 Å². The van der Waals surface area contributed by atoms with Crippen LogP contribution in [0.25, 0.3) is 5.69 Å². The van der Waals surface area contributed by atoms with Gasteiger partial charge in [-0.2, -0.15) is 5.26 Å². The van der Waals surface area contributed by atoms with Crippen LogP contribution in [-0.4, -0.2) is 58.9 Å². The highest BCUT2D eigenvalue weighted by Crippen LogP contribution is 2.30. The highest BCUT2D eigenvalue weighted by molar-refractivity contribution is 6.30. The SMILES string of the molecule is Cc1c(C#N)c(NC(=O)CN2CCN(C(=O)c3ccc(Cl)cc3)CC2)n(-c2cccc(F)c2)c1C. The first-order valence-electron chi connectivity index (χ1n) is 11.2. The van der Waals surface area contributed by atoms with Gasteiger partial charge >= 0.3 is 0 Å². The monoisotopic (exact) mass is 493 g/mol. The smallest absolute Gasteiger partial charge is 0.253 e. The van der Waals surface area contributed by atoms with Crippen molar-refractivity contribution in [3.8, 4) is 11.8 Å². The lowest BCUT2D eigenvalue weighted by Gasteiger charge is -2.34. The van der Waals surface area contributed by atoms with E-state index in [0.717, 1.165) is 11.3 Å². The summed E-state index contributed by atoms with van der Waals surface area (Å²) in [6.45, 7) is 5.82. The highest BCUT2D eigenvalue weighted by atomic mass is 35.5. The van der Waals surface area contributed by atoms with Crippen LogP contribution >= 0.6 is 11.6 Å². The van der Waals surface area contributed by atoms with Gasteiger partial charge in [0.2, 0.25) is 5.91 Å². The van der Waals surface area contributed by atoms with Crippen molar-refractivity contribution in [3.05, 3.63) is 81.8 Å². The molecule has 0 unspecified atom stereocenters. The summed E-state index contributed by atoms with van der Waals surface area (Å²) >= 11 is 5.90. The molecule has 2 aromatic carbocycles. The molecule has 1 aromatic heterocycles. The maximum absolute atomic E-state index is 13.9. The van der Waals surface area contributed by atoms with Crippen molar-refractivity contribution in [1.29, 1.82) is 5.26 Å². The van der Waals surface area contributed by atoms with Crippen molar-refractivity contribution in [2.75, 3.05) is 38.0 Å². The third-order valence-corrected chi connectivity index (χ3v) is 6.52. The number of carbonyl (C=O) groups excluding carboxylic acids is 2. The van der Waals surface area contributed by atoms with Gasteiger partial charge in [0.25, 0.3) is 5.91 Å². The molecule has 1 aliphatic heterocycles. The Bertz CT molecular complexity index is 1300. The van der Waals surface area contributed by atoms with Crippen molar-refractivity contribution in [2.45, 2.75) is 13.8 Å². The molecule has 9 heteroatoms. The molecule has 2 heterocycles. The summed E-state index contributed by atoms with van der Waals surface area (Å²) in [5.41, 5.74) is 2.92. The van der Waals surface area contributed by atoms with Gasteiger partial charge in [-0.3, -0.25) is 19.1 Å². The summed E-state index contributed by atoms with van der Waals surface area (Å²) < 4.78 is 15.6. The third-order valence-electron chi connectivity index (χ3n) is 6.27. The lowest BCUT2D eigenvalue weighted by molar-refractivity contribution is -0.117. The molecule has 7 nitrogen and oxygen atoms in total. The highest BCUT2D eigenvalue weighted by Gasteiger charge is 2.25. The van der Waals surface area contributed by atoms with Crippen LogP contribution < -0.4 is 5.32 Å². The molecule has 0 aliphatic carbocycles. The maximum atomic E-state index is 13.9. The Kier molecular flexibility index (Phi) is 7.20. The molecule has 0 radical (unpaired) electrons. The number of piperazine rings is 1. The van der Waals surface area contributed by atoms with Crippen LogP contribution in [0.1, 0.15) is 27.2 Å². The predicted molar refractivity (Wildman–Crippen MR) is 132 cm³/mol. The largest absolute Gasteiger partial charge is 0.336 e. The average Bonchev–Trinajstić information content (AvgIpc) is 3.08. The molecule has 2 amide bonds. The second-order valence-corrected chi connectivity index (χ2v) is 8.92. The number of hydrogen-bond donors (Lipinski definition) is 1. The maximum Gasteiger partial charge on any atom is 0.253 e. The summed E-state index contributed by atoms with van der Waals surface area (Å²) in [5.74, 6) is -0.429.